The van der Waals surface area contributed by atoms with Crippen LogP contribution in [-0.2, 0) is 10.4 Å². The predicted molar refractivity (Wildman–Crippen MR) is 92.5 cm³/mol. The van der Waals surface area contributed by atoms with Crippen LogP contribution in [0.3, 0.4) is 0 Å². The quantitative estimate of drug-likeness (QED) is 0.800. The fraction of sp³-hybridized carbons (Fsp3) is 0.222. The first-order chi connectivity index (χ1) is 11.9. The molecule has 0 fully saturated rings. The Hall–Kier alpha value is -2.57. The second-order valence-corrected chi connectivity index (χ2v) is 6.11. The summed E-state index contributed by atoms with van der Waals surface area (Å²) in [5.74, 6) is -0.268. The first kappa shape index (κ1) is 17.3. The number of carbonyl (C=O) groups excluding carboxylic acids is 2. The molecule has 6 nitrogen and oxygen atoms in total. The zero-order chi connectivity index (χ0) is 18.2. The van der Waals surface area contributed by atoms with Crippen molar-refractivity contribution in [2.24, 2.45) is 0 Å². The predicted octanol–water partition coefficient (Wildman–Crippen LogP) is 2.77. The van der Waals surface area contributed by atoms with E-state index in [1.54, 1.807) is 24.3 Å². The van der Waals surface area contributed by atoms with Gasteiger partial charge in [-0.2, -0.15) is 0 Å². The van der Waals surface area contributed by atoms with E-state index < -0.39 is 23.7 Å². The summed E-state index contributed by atoms with van der Waals surface area (Å²) in [6, 6.07) is 9.38. The molecular weight excluding hydrogens is 346 g/mol. The Labute approximate surface area is 149 Å². The summed E-state index contributed by atoms with van der Waals surface area (Å²) in [7, 11) is 2.93. The second kappa shape index (κ2) is 6.38. The first-order valence-electron chi connectivity index (χ1n) is 7.48. The van der Waals surface area contributed by atoms with Gasteiger partial charge in [0.05, 0.1) is 26.2 Å². The summed E-state index contributed by atoms with van der Waals surface area (Å²) in [5.41, 5.74) is -1.01. The van der Waals surface area contributed by atoms with Gasteiger partial charge in [0, 0.05) is 22.3 Å². The zero-order valence-corrected chi connectivity index (χ0v) is 14.4. The van der Waals surface area contributed by atoms with Crippen LogP contribution >= 0.6 is 11.6 Å². The van der Waals surface area contributed by atoms with E-state index in [-0.39, 0.29) is 11.1 Å². The molecule has 2 N–H and O–H groups in total. The molecule has 0 saturated heterocycles. The van der Waals surface area contributed by atoms with Crippen molar-refractivity contribution in [3.05, 3.63) is 52.5 Å². The maximum absolute atomic E-state index is 12.7. The third-order valence-electron chi connectivity index (χ3n) is 4.18. The van der Waals surface area contributed by atoms with E-state index in [4.69, 9.17) is 21.1 Å². The third-order valence-corrected chi connectivity index (χ3v) is 4.41. The van der Waals surface area contributed by atoms with Crippen LogP contribution in [-0.4, -0.2) is 31.0 Å². The smallest absolute Gasteiger partial charge is 0.261 e. The number of amides is 1. The number of methoxy groups -OCH3 is 2. The van der Waals surface area contributed by atoms with Gasteiger partial charge in [-0.15, -0.1) is 0 Å². The number of aliphatic hydroxyl groups is 1. The number of benzene rings is 2. The number of Topliss-reactive ketones (excluding diaryl/α,β-unsaturated/α-hetero) is 1. The number of hydrogen-bond acceptors (Lipinski definition) is 5. The number of rotatable bonds is 5. The first-order valence-corrected chi connectivity index (χ1v) is 7.86. The lowest BCUT2D eigenvalue weighted by molar-refractivity contribution is -0.133. The van der Waals surface area contributed by atoms with Gasteiger partial charge in [0.25, 0.3) is 5.91 Å². The molecule has 2 aromatic rings. The van der Waals surface area contributed by atoms with Crippen molar-refractivity contribution < 1.29 is 24.2 Å². The van der Waals surface area contributed by atoms with Crippen LogP contribution < -0.4 is 14.8 Å². The van der Waals surface area contributed by atoms with Crippen molar-refractivity contribution in [1.82, 2.24) is 0 Å². The van der Waals surface area contributed by atoms with Crippen molar-refractivity contribution in [1.29, 1.82) is 0 Å². The molecule has 1 aliphatic heterocycles. The van der Waals surface area contributed by atoms with Crippen LogP contribution in [0.15, 0.2) is 36.4 Å². The van der Waals surface area contributed by atoms with E-state index in [9.17, 15) is 14.7 Å². The molecule has 2 aromatic carbocycles. The largest absolute Gasteiger partial charge is 0.497 e. The molecule has 7 heteroatoms. The number of ketones is 1. The van der Waals surface area contributed by atoms with E-state index in [1.807, 2.05) is 0 Å². The maximum Gasteiger partial charge on any atom is 0.261 e. The lowest BCUT2D eigenvalue weighted by Gasteiger charge is -2.20. The van der Waals surface area contributed by atoms with Gasteiger partial charge < -0.3 is 19.9 Å². The van der Waals surface area contributed by atoms with Crippen molar-refractivity contribution >= 4 is 29.0 Å². The van der Waals surface area contributed by atoms with Crippen molar-refractivity contribution in [3.63, 3.8) is 0 Å². The number of ether oxygens (including phenoxy) is 2. The maximum atomic E-state index is 12.7. The number of carbonyl (C=O) groups is 2. The highest BCUT2D eigenvalue weighted by atomic mass is 35.5. The fourth-order valence-corrected chi connectivity index (χ4v) is 3.02. The minimum atomic E-state index is -1.98. The van der Waals surface area contributed by atoms with Gasteiger partial charge in [-0.1, -0.05) is 11.6 Å². The summed E-state index contributed by atoms with van der Waals surface area (Å²) in [6.07, 6.45) is -0.436. The van der Waals surface area contributed by atoms with Gasteiger partial charge in [0.2, 0.25) is 0 Å². The molecule has 3 rings (SSSR count). The number of anilines is 1. The average molecular weight is 362 g/mol. The molecule has 0 saturated carbocycles. The monoisotopic (exact) mass is 361 g/mol. The summed E-state index contributed by atoms with van der Waals surface area (Å²) in [5, 5.41) is 13.8. The minimum Gasteiger partial charge on any atom is -0.497 e. The summed E-state index contributed by atoms with van der Waals surface area (Å²) >= 11 is 5.96. The third kappa shape index (κ3) is 2.94. The van der Waals surface area contributed by atoms with Gasteiger partial charge >= 0.3 is 0 Å². The molecular formula is C18H16ClNO5. The molecule has 0 spiro atoms. The van der Waals surface area contributed by atoms with Crippen molar-refractivity contribution in [2.45, 2.75) is 12.0 Å². The van der Waals surface area contributed by atoms with E-state index in [1.165, 1.54) is 26.4 Å². The lowest BCUT2D eigenvalue weighted by Crippen LogP contribution is -2.36. The normalized spacial score (nSPS) is 18.5. The highest BCUT2D eigenvalue weighted by Gasteiger charge is 2.47. The molecule has 0 bridgehead atoms. The van der Waals surface area contributed by atoms with E-state index in [0.717, 1.165) is 0 Å². The Morgan fingerprint density at radius 1 is 1.20 bits per heavy atom. The lowest BCUT2D eigenvalue weighted by atomic mass is 9.88. The van der Waals surface area contributed by atoms with Crippen LogP contribution in [0.2, 0.25) is 5.02 Å². The van der Waals surface area contributed by atoms with Gasteiger partial charge in [0.15, 0.2) is 11.4 Å². The Morgan fingerprint density at radius 3 is 2.64 bits per heavy atom. The highest BCUT2D eigenvalue weighted by Crippen LogP contribution is 2.41. The Morgan fingerprint density at radius 2 is 1.96 bits per heavy atom. The van der Waals surface area contributed by atoms with E-state index in [2.05, 4.69) is 5.32 Å². The molecule has 0 aliphatic carbocycles. The Kier molecular flexibility index (Phi) is 4.41. The van der Waals surface area contributed by atoms with Gasteiger partial charge in [0.1, 0.15) is 11.5 Å². The number of hydrogen-bond donors (Lipinski definition) is 2. The number of fused-ring (bicyclic) bond motifs is 1. The minimum absolute atomic E-state index is 0.250. The fourth-order valence-electron chi connectivity index (χ4n) is 2.85. The van der Waals surface area contributed by atoms with Crippen LogP contribution in [0.5, 0.6) is 11.5 Å². The molecule has 25 heavy (non-hydrogen) atoms. The average Bonchev–Trinajstić information content (AvgIpc) is 2.84. The molecule has 0 unspecified atom stereocenters. The standard InChI is InChI=1S/C18H16ClNO5/c1-24-11-4-5-12(16(8-11)25-2)15(21)9-18(23)13-7-10(19)3-6-14(13)20-17(18)22/h3-8,23H,9H2,1-2H3,(H,20,22)/t18-/m0/s1. The molecule has 1 atom stereocenters. The van der Waals surface area contributed by atoms with E-state index in [0.29, 0.717) is 22.2 Å². The van der Waals surface area contributed by atoms with E-state index >= 15 is 0 Å². The van der Waals surface area contributed by atoms with Crippen LogP contribution in [0.1, 0.15) is 22.3 Å². The summed E-state index contributed by atoms with van der Waals surface area (Å²) in [4.78, 5) is 25.0. The van der Waals surface area contributed by atoms with Crippen LogP contribution in [0.4, 0.5) is 5.69 Å². The van der Waals surface area contributed by atoms with Gasteiger partial charge in [-0.05, 0) is 30.3 Å². The molecule has 0 aromatic heterocycles. The van der Waals surface area contributed by atoms with Gasteiger partial charge in [-0.3, -0.25) is 9.59 Å². The topological polar surface area (TPSA) is 84.9 Å². The van der Waals surface area contributed by atoms with Gasteiger partial charge in [-0.25, -0.2) is 0 Å². The van der Waals surface area contributed by atoms with Crippen molar-refractivity contribution in [2.75, 3.05) is 19.5 Å². The molecule has 1 heterocycles. The highest BCUT2D eigenvalue weighted by molar-refractivity contribution is 6.31. The molecule has 1 amide bonds. The van der Waals surface area contributed by atoms with Crippen LogP contribution in [0, 0.1) is 0 Å². The van der Waals surface area contributed by atoms with Crippen molar-refractivity contribution in [3.8, 4) is 11.5 Å². The Bertz CT molecular complexity index is 867. The molecule has 130 valence electrons. The SMILES string of the molecule is COc1ccc(C(=O)C[C@@]2(O)C(=O)Nc3ccc(Cl)cc32)c(OC)c1. The second-order valence-electron chi connectivity index (χ2n) is 5.67. The Balaban J connectivity index is 1.96. The molecule has 1 aliphatic rings. The molecule has 0 radical (unpaired) electrons. The van der Waals surface area contributed by atoms with Crippen LogP contribution in [0.25, 0.3) is 0 Å². The number of nitrogens with one attached hydrogen (secondary N) is 1. The number of halogens is 1. The summed E-state index contributed by atoms with van der Waals surface area (Å²) < 4.78 is 10.3. The summed E-state index contributed by atoms with van der Waals surface area (Å²) in [6.45, 7) is 0. The zero-order valence-electron chi connectivity index (χ0n) is 13.6.